The Kier molecular flexibility index (Phi) is 7.88. The van der Waals surface area contributed by atoms with Crippen LogP contribution in [0.3, 0.4) is 0 Å². The van der Waals surface area contributed by atoms with Gasteiger partial charge in [0.1, 0.15) is 0 Å². The monoisotopic (exact) mass is 455 g/mol. The average Bonchev–Trinajstić information content (AvgIpc) is 3.18. The molecule has 0 aliphatic rings. The topological polar surface area (TPSA) is 99.5 Å². The van der Waals surface area contributed by atoms with Gasteiger partial charge in [-0.3, -0.25) is 4.79 Å². The summed E-state index contributed by atoms with van der Waals surface area (Å²) in [7, 11) is 1.33. The first-order valence-electron chi connectivity index (χ1n) is 10.2. The third-order valence-electron chi connectivity index (χ3n) is 4.74. The number of carbonyl (C=O) groups is 3. The molecule has 2 aromatic carbocycles. The number of fused-ring (bicyclic) bond motifs is 1. The second-order valence-electron chi connectivity index (χ2n) is 6.82. The summed E-state index contributed by atoms with van der Waals surface area (Å²) in [6.45, 7) is 5.12. The molecule has 1 heterocycles. The van der Waals surface area contributed by atoms with Crippen LogP contribution in [0, 0.1) is 0 Å². The molecule has 32 heavy (non-hydrogen) atoms. The number of aromatic nitrogens is 2. The first-order valence-corrected chi connectivity index (χ1v) is 11.2. The van der Waals surface area contributed by atoms with Crippen molar-refractivity contribution in [2.75, 3.05) is 19.5 Å². The molecule has 0 saturated heterocycles. The van der Waals surface area contributed by atoms with Gasteiger partial charge in [0.15, 0.2) is 5.16 Å². The molecular formula is C23H25N3O5S. The normalized spacial score (nSPS) is 10.7. The molecule has 0 fully saturated rings. The summed E-state index contributed by atoms with van der Waals surface area (Å²) < 4.78 is 11.7. The number of hydrogen-bond acceptors (Lipinski definition) is 7. The highest BCUT2D eigenvalue weighted by atomic mass is 32.2. The number of methoxy groups -OCH3 is 1. The lowest BCUT2D eigenvalue weighted by molar-refractivity contribution is -0.118. The van der Waals surface area contributed by atoms with E-state index in [2.05, 4.69) is 15.0 Å². The molecule has 8 nitrogen and oxygen atoms in total. The van der Waals surface area contributed by atoms with Crippen molar-refractivity contribution in [3.8, 4) is 0 Å². The Morgan fingerprint density at radius 1 is 1.03 bits per heavy atom. The number of aryl methyl sites for hydroxylation is 1. The maximum atomic E-state index is 12.3. The van der Waals surface area contributed by atoms with Gasteiger partial charge in [-0.2, -0.15) is 0 Å². The van der Waals surface area contributed by atoms with E-state index in [4.69, 9.17) is 4.74 Å². The molecule has 3 rings (SSSR count). The van der Waals surface area contributed by atoms with Crippen LogP contribution in [-0.4, -0.2) is 46.9 Å². The first kappa shape index (κ1) is 23.3. The van der Waals surface area contributed by atoms with Crippen LogP contribution in [-0.2, 0) is 27.4 Å². The van der Waals surface area contributed by atoms with Crippen LogP contribution in [0.1, 0.15) is 40.1 Å². The third kappa shape index (κ3) is 5.47. The number of benzene rings is 2. The summed E-state index contributed by atoms with van der Waals surface area (Å²) in [5.41, 5.74) is 3.37. The molecule has 0 atom stereocenters. The quantitative estimate of drug-likeness (QED) is 0.390. The number of amides is 1. The molecule has 1 amide bonds. The molecule has 0 saturated carbocycles. The molecular weight excluding hydrogens is 430 g/mol. The average molecular weight is 456 g/mol. The summed E-state index contributed by atoms with van der Waals surface area (Å²) in [5, 5.41) is 3.58. The Bertz CT molecular complexity index is 1120. The molecule has 0 bridgehead atoms. The van der Waals surface area contributed by atoms with E-state index < -0.39 is 5.97 Å². The van der Waals surface area contributed by atoms with Crippen molar-refractivity contribution in [2.45, 2.75) is 32.1 Å². The fraction of sp³-hybridized carbons (Fsp3) is 0.304. The second kappa shape index (κ2) is 10.8. The standard InChI is InChI=1S/C23H25N3O5S/c1-4-26-19-11-10-17(22(29)31-5-2)12-18(19)25-23(26)32-14-20(27)24-13-15-6-8-16(9-7-15)21(28)30-3/h6-12H,4-5,13-14H2,1-3H3,(H,24,27). The summed E-state index contributed by atoms with van der Waals surface area (Å²) in [4.78, 5) is 40.4. The number of hydrogen-bond donors (Lipinski definition) is 1. The van der Waals surface area contributed by atoms with Crippen LogP contribution >= 0.6 is 11.8 Å². The van der Waals surface area contributed by atoms with Crippen LogP contribution in [0.15, 0.2) is 47.6 Å². The highest BCUT2D eigenvalue weighted by Gasteiger charge is 2.15. The number of ether oxygens (including phenoxy) is 2. The number of nitrogens with zero attached hydrogens (tertiary/aromatic N) is 2. The number of carbonyl (C=O) groups excluding carboxylic acids is 3. The Morgan fingerprint density at radius 3 is 2.41 bits per heavy atom. The van der Waals surface area contributed by atoms with Crippen LogP contribution in [0.4, 0.5) is 0 Å². The number of thioether (sulfide) groups is 1. The van der Waals surface area contributed by atoms with Crippen molar-refractivity contribution in [1.29, 1.82) is 0 Å². The molecule has 1 aromatic heterocycles. The van der Waals surface area contributed by atoms with Gasteiger partial charge in [0.05, 0.1) is 41.6 Å². The van der Waals surface area contributed by atoms with Crippen molar-refractivity contribution < 1.29 is 23.9 Å². The van der Waals surface area contributed by atoms with E-state index in [1.807, 2.05) is 17.6 Å². The smallest absolute Gasteiger partial charge is 0.338 e. The summed E-state index contributed by atoms with van der Waals surface area (Å²) in [6, 6.07) is 12.2. The highest BCUT2D eigenvalue weighted by Crippen LogP contribution is 2.25. The van der Waals surface area contributed by atoms with E-state index in [0.29, 0.717) is 41.5 Å². The Labute approximate surface area is 190 Å². The van der Waals surface area contributed by atoms with E-state index in [1.54, 1.807) is 43.3 Å². The molecule has 0 spiro atoms. The Hall–Kier alpha value is -3.33. The zero-order chi connectivity index (χ0) is 23.1. The van der Waals surface area contributed by atoms with Crippen LogP contribution in [0.5, 0.6) is 0 Å². The summed E-state index contributed by atoms with van der Waals surface area (Å²) in [5.74, 6) is -0.707. The van der Waals surface area contributed by atoms with Crippen molar-refractivity contribution in [3.63, 3.8) is 0 Å². The number of esters is 2. The minimum absolute atomic E-state index is 0.131. The zero-order valence-corrected chi connectivity index (χ0v) is 19.0. The minimum Gasteiger partial charge on any atom is -0.465 e. The van der Waals surface area contributed by atoms with Gasteiger partial charge in [0.25, 0.3) is 0 Å². The second-order valence-corrected chi connectivity index (χ2v) is 7.76. The lowest BCUT2D eigenvalue weighted by Gasteiger charge is -2.07. The van der Waals surface area contributed by atoms with E-state index in [1.165, 1.54) is 18.9 Å². The molecule has 0 aliphatic carbocycles. The maximum Gasteiger partial charge on any atom is 0.338 e. The minimum atomic E-state index is -0.398. The fourth-order valence-corrected chi connectivity index (χ4v) is 4.03. The van der Waals surface area contributed by atoms with Crippen molar-refractivity contribution in [1.82, 2.24) is 14.9 Å². The van der Waals surface area contributed by atoms with Gasteiger partial charge >= 0.3 is 11.9 Å². The molecule has 9 heteroatoms. The lowest BCUT2D eigenvalue weighted by atomic mass is 10.1. The predicted molar refractivity (Wildman–Crippen MR) is 122 cm³/mol. The van der Waals surface area contributed by atoms with Gasteiger partial charge in [0, 0.05) is 13.1 Å². The largest absolute Gasteiger partial charge is 0.465 e. The van der Waals surface area contributed by atoms with E-state index in [-0.39, 0.29) is 17.6 Å². The SMILES string of the molecule is CCOC(=O)c1ccc2c(c1)nc(SCC(=O)NCc1ccc(C(=O)OC)cc1)n2CC. The van der Waals surface area contributed by atoms with Crippen molar-refractivity contribution in [3.05, 3.63) is 59.2 Å². The van der Waals surface area contributed by atoms with Gasteiger partial charge < -0.3 is 19.4 Å². The van der Waals surface area contributed by atoms with Gasteiger partial charge in [-0.05, 0) is 49.7 Å². The van der Waals surface area contributed by atoms with Gasteiger partial charge in [0.2, 0.25) is 5.91 Å². The number of rotatable bonds is 9. The molecule has 1 N–H and O–H groups in total. The predicted octanol–water partition coefficient (Wildman–Crippen LogP) is 3.43. The van der Waals surface area contributed by atoms with Crippen molar-refractivity contribution >= 4 is 40.6 Å². The van der Waals surface area contributed by atoms with E-state index in [9.17, 15) is 14.4 Å². The molecule has 0 radical (unpaired) electrons. The van der Waals surface area contributed by atoms with Gasteiger partial charge in [-0.15, -0.1) is 0 Å². The van der Waals surface area contributed by atoms with Crippen LogP contribution < -0.4 is 5.32 Å². The third-order valence-corrected chi connectivity index (χ3v) is 5.71. The number of imidazole rings is 1. The first-order chi connectivity index (χ1) is 15.5. The Morgan fingerprint density at radius 2 is 1.75 bits per heavy atom. The summed E-state index contributed by atoms with van der Waals surface area (Å²) >= 11 is 1.34. The van der Waals surface area contributed by atoms with Crippen molar-refractivity contribution in [2.24, 2.45) is 0 Å². The zero-order valence-electron chi connectivity index (χ0n) is 18.2. The highest BCUT2D eigenvalue weighted by molar-refractivity contribution is 7.99. The van der Waals surface area contributed by atoms with Gasteiger partial charge in [-0.1, -0.05) is 23.9 Å². The fourth-order valence-electron chi connectivity index (χ4n) is 3.12. The van der Waals surface area contributed by atoms with Crippen LogP contribution in [0.25, 0.3) is 11.0 Å². The maximum absolute atomic E-state index is 12.3. The van der Waals surface area contributed by atoms with E-state index >= 15 is 0 Å². The Balaban J connectivity index is 1.61. The van der Waals surface area contributed by atoms with Gasteiger partial charge in [-0.25, -0.2) is 14.6 Å². The molecule has 0 aliphatic heterocycles. The van der Waals surface area contributed by atoms with E-state index in [0.717, 1.165) is 11.1 Å². The number of nitrogens with one attached hydrogen (secondary N) is 1. The molecule has 168 valence electrons. The molecule has 0 unspecified atom stereocenters. The molecule has 3 aromatic rings. The summed E-state index contributed by atoms with van der Waals surface area (Å²) in [6.07, 6.45) is 0. The lowest BCUT2D eigenvalue weighted by Crippen LogP contribution is -2.24. The van der Waals surface area contributed by atoms with Crippen LogP contribution in [0.2, 0.25) is 0 Å².